The number of amides is 1. The Morgan fingerprint density at radius 2 is 2.33 bits per heavy atom. The Morgan fingerprint density at radius 1 is 1.53 bits per heavy atom. The van der Waals surface area contributed by atoms with Crippen molar-refractivity contribution in [2.45, 2.75) is 11.8 Å². The van der Waals surface area contributed by atoms with Crippen LogP contribution in [0.1, 0.15) is 12.1 Å². The van der Waals surface area contributed by atoms with E-state index in [0.717, 1.165) is 0 Å². The number of aromatic nitrogens is 2. The van der Waals surface area contributed by atoms with Gasteiger partial charge in [0.1, 0.15) is 6.07 Å². The SMILES string of the molecule is N#Cc1cnc(N2CC(Cl)CC2=O)cn1. The molecule has 0 radical (unpaired) electrons. The highest BCUT2D eigenvalue weighted by Crippen LogP contribution is 2.21. The van der Waals surface area contributed by atoms with Gasteiger partial charge in [-0.2, -0.15) is 5.26 Å². The summed E-state index contributed by atoms with van der Waals surface area (Å²) in [5.74, 6) is 0.385. The summed E-state index contributed by atoms with van der Waals surface area (Å²) < 4.78 is 0. The normalized spacial score (nSPS) is 20.4. The van der Waals surface area contributed by atoms with Crippen LogP contribution in [0.3, 0.4) is 0 Å². The first-order valence-electron chi connectivity index (χ1n) is 4.37. The summed E-state index contributed by atoms with van der Waals surface area (Å²) >= 11 is 5.85. The van der Waals surface area contributed by atoms with Gasteiger partial charge in [0.25, 0.3) is 0 Å². The van der Waals surface area contributed by atoms with Crippen molar-refractivity contribution in [3.63, 3.8) is 0 Å². The smallest absolute Gasteiger partial charge is 0.229 e. The van der Waals surface area contributed by atoms with Crippen molar-refractivity contribution in [1.29, 1.82) is 5.26 Å². The van der Waals surface area contributed by atoms with Crippen LogP contribution in [0.15, 0.2) is 12.4 Å². The van der Waals surface area contributed by atoms with Crippen molar-refractivity contribution in [2.24, 2.45) is 0 Å². The Kier molecular flexibility index (Phi) is 2.52. The highest BCUT2D eigenvalue weighted by atomic mass is 35.5. The van der Waals surface area contributed by atoms with Gasteiger partial charge in [0.2, 0.25) is 5.91 Å². The summed E-state index contributed by atoms with van der Waals surface area (Å²) in [5.41, 5.74) is 0.229. The number of nitriles is 1. The van der Waals surface area contributed by atoms with E-state index in [-0.39, 0.29) is 17.0 Å². The topological polar surface area (TPSA) is 69.9 Å². The van der Waals surface area contributed by atoms with Crippen LogP contribution in [-0.4, -0.2) is 27.8 Å². The fourth-order valence-corrected chi connectivity index (χ4v) is 1.67. The Morgan fingerprint density at radius 3 is 2.80 bits per heavy atom. The van der Waals surface area contributed by atoms with Gasteiger partial charge in [-0.05, 0) is 0 Å². The molecule has 2 heterocycles. The van der Waals surface area contributed by atoms with Gasteiger partial charge in [-0.25, -0.2) is 9.97 Å². The van der Waals surface area contributed by atoms with Crippen molar-refractivity contribution >= 4 is 23.3 Å². The summed E-state index contributed by atoms with van der Waals surface area (Å²) in [7, 11) is 0. The first kappa shape index (κ1) is 9.87. The van der Waals surface area contributed by atoms with Gasteiger partial charge in [-0.3, -0.25) is 9.69 Å². The predicted molar refractivity (Wildman–Crippen MR) is 53.4 cm³/mol. The van der Waals surface area contributed by atoms with Crippen LogP contribution in [0.2, 0.25) is 0 Å². The van der Waals surface area contributed by atoms with Crippen LogP contribution < -0.4 is 4.90 Å². The lowest BCUT2D eigenvalue weighted by Gasteiger charge is -2.13. The quantitative estimate of drug-likeness (QED) is 0.656. The lowest BCUT2D eigenvalue weighted by Crippen LogP contribution is -2.25. The van der Waals surface area contributed by atoms with Crippen LogP contribution in [0.4, 0.5) is 5.82 Å². The Labute approximate surface area is 91.3 Å². The molecule has 0 bridgehead atoms. The minimum atomic E-state index is -0.171. The lowest BCUT2D eigenvalue weighted by atomic mass is 10.4. The number of alkyl halides is 1. The second-order valence-electron chi connectivity index (χ2n) is 3.18. The molecule has 15 heavy (non-hydrogen) atoms. The second kappa shape index (κ2) is 3.83. The molecule has 1 aliphatic rings. The molecule has 1 aliphatic heterocycles. The number of rotatable bonds is 1. The number of hydrogen-bond donors (Lipinski definition) is 0. The maximum absolute atomic E-state index is 11.4. The Balaban J connectivity index is 2.23. The van der Waals surface area contributed by atoms with Gasteiger partial charge in [0.15, 0.2) is 11.5 Å². The van der Waals surface area contributed by atoms with Gasteiger partial charge in [0.05, 0.1) is 17.8 Å². The first-order valence-corrected chi connectivity index (χ1v) is 4.81. The summed E-state index contributed by atoms with van der Waals surface area (Å²) in [6.45, 7) is 0.445. The zero-order valence-electron chi connectivity index (χ0n) is 7.72. The molecular weight excluding hydrogens is 216 g/mol. The fraction of sp³-hybridized carbons (Fsp3) is 0.333. The highest BCUT2D eigenvalue weighted by molar-refractivity contribution is 6.24. The maximum atomic E-state index is 11.4. The number of hydrogen-bond acceptors (Lipinski definition) is 4. The average Bonchev–Trinajstić information content (AvgIpc) is 2.58. The van der Waals surface area contributed by atoms with Crippen molar-refractivity contribution < 1.29 is 4.79 Å². The van der Waals surface area contributed by atoms with E-state index in [1.54, 1.807) is 0 Å². The molecule has 0 saturated carbocycles. The molecule has 1 aromatic rings. The summed E-state index contributed by atoms with van der Waals surface area (Å²) in [4.78, 5) is 20.7. The Hall–Kier alpha value is -1.67. The molecule has 1 aromatic heterocycles. The summed E-state index contributed by atoms with van der Waals surface area (Å²) in [6.07, 6.45) is 3.07. The molecule has 1 fully saturated rings. The largest absolute Gasteiger partial charge is 0.294 e. The van der Waals surface area contributed by atoms with Gasteiger partial charge in [-0.1, -0.05) is 0 Å². The average molecular weight is 223 g/mol. The second-order valence-corrected chi connectivity index (χ2v) is 3.79. The zero-order valence-corrected chi connectivity index (χ0v) is 8.48. The molecule has 1 saturated heterocycles. The third-order valence-corrected chi connectivity index (χ3v) is 2.40. The zero-order chi connectivity index (χ0) is 10.8. The molecule has 1 unspecified atom stereocenters. The molecule has 0 N–H and O–H groups in total. The van der Waals surface area contributed by atoms with E-state index in [4.69, 9.17) is 16.9 Å². The van der Waals surface area contributed by atoms with E-state index < -0.39 is 0 Å². The minimum Gasteiger partial charge on any atom is -0.294 e. The van der Waals surface area contributed by atoms with E-state index >= 15 is 0 Å². The molecule has 5 nitrogen and oxygen atoms in total. The molecule has 2 rings (SSSR count). The molecule has 6 heteroatoms. The maximum Gasteiger partial charge on any atom is 0.229 e. The highest BCUT2D eigenvalue weighted by Gasteiger charge is 2.29. The van der Waals surface area contributed by atoms with Crippen LogP contribution in [0, 0.1) is 11.3 Å². The number of halogens is 1. The van der Waals surface area contributed by atoms with E-state index in [1.165, 1.54) is 17.3 Å². The predicted octanol–water partition coefficient (Wildman–Crippen LogP) is 0.692. The fourth-order valence-electron chi connectivity index (χ4n) is 1.40. The van der Waals surface area contributed by atoms with Crippen molar-refractivity contribution in [3.05, 3.63) is 18.1 Å². The molecule has 76 valence electrons. The minimum absolute atomic E-state index is 0.0611. The third kappa shape index (κ3) is 1.90. The first-order chi connectivity index (χ1) is 7.20. The van der Waals surface area contributed by atoms with E-state index in [0.29, 0.717) is 18.8 Å². The number of anilines is 1. The molecule has 0 aromatic carbocycles. The van der Waals surface area contributed by atoms with Crippen LogP contribution in [0.25, 0.3) is 0 Å². The van der Waals surface area contributed by atoms with Gasteiger partial charge in [-0.15, -0.1) is 11.6 Å². The number of carbonyl (C=O) groups excluding carboxylic acids is 1. The van der Waals surface area contributed by atoms with Gasteiger partial charge >= 0.3 is 0 Å². The molecule has 0 spiro atoms. The van der Waals surface area contributed by atoms with E-state index in [1.807, 2.05) is 6.07 Å². The summed E-state index contributed by atoms with van der Waals surface area (Å²) in [6, 6.07) is 1.86. The Bertz CT molecular complexity index is 425. The molecule has 1 amide bonds. The van der Waals surface area contributed by atoms with Gasteiger partial charge < -0.3 is 0 Å². The molecule has 0 aliphatic carbocycles. The van der Waals surface area contributed by atoms with Crippen LogP contribution >= 0.6 is 11.6 Å². The third-order valence-electron chi connectivity index (χ3n) is 2.11. The molecule has 1 atom stereocenters. The van der Waals surface area contributed by atoms with Crippen LogP contribution in [0.5, 0.6) is 0 Å². The van der Waals surface area contributed by atoms with E-state index in [9.17, 15) is 4.79 Å². The monoisotopic (exact) mass is 222 g/mol. The summed E-state index contributed by atoms with van der Waals surface area (Å²) in [5, 5.41) is 8.36. The van der Waals surface area contributed by atoms with Crippen molar-refractivity contribution in [3.8, 4) is 6.07 Å². The van der Waals surface area contributed by atoms with E-state index in [2.05, 4.69) is 9.97 Å². The van der Waals surface area contributed by atoms with Crippen molar-refractivity contribution in [2.75, 3.05) is 11.4 Å². The number of carbonyl (C=O) groups is 1. The molecular formula is C9H7ClN4O. The number of nitrogens with zero attached hydrogens (tertiary/aromatic N) is 4. The standard InChI is InChI=1S/C9H7ClN4O/c10-6-1-9(15)14(5-6)8-4-12-7(2-11)3-13-8/h3-4,6H,1,5H2. The van der Waals surface area contributed by atoms with Crippen LogP contribution in [-0.2, 0) is 4.79 Å². The van der Waals surface area contributed by atoms with Crippen molar-refractivity contribution in [1.82, 2.24) is 9.97 Å². The van der Waals surface area contributed by atoms with Gasteiger partial charge in [0, 0.05) is 13.0 Å². The lowest BCUT2D eigenvalue weighted by molar-refractivity contribution is -0.117.